The number of benzene rings is 3. The van der Waals surface area contributed by atoms with Crippen LogP contribution in [-0.2, 0) is 0 Å². The summed E-state index contributed by atoms with van der Waals surface area (Å²) in [5.41, 5.74) is 0.823. The number of fused-ring (bicyclic) bond motifs is 2. The van der Waals surface area contributed by atoms with E-state index in [1.54, 1.807) is 31.2 Å². The van der Waals surface area contributed by atoms with Crippen LogP contribution in [0.25, 0.3) is 0 Å². The van der Waals surface area contributed by atoms with Crippen molar-refractivity contribution in [3.63, 3.8) is 0 Å². The lowest BCUT2D eigenvalue weighted by atomic mass is 9.80. The predicted octanol–water partition coefficient (Wildman–Crippen LogP) is 2.61. The monoisotopic (exact) mass is 452 g/mol. The van der Waals surface area contributed by atoms with Crippen molar-refractivity contribution in [1.29, 1.82) is 0 Å². The zero-order valence-corrected chi connectivity index (χ0v) is 17.8. The van der Waals surface area contributed by atoms with Gasteiger partial charge in [0.1, 0.15) is 5.92 Å². The molecule has 2 aliphatic rings. The third kappa shape index (κ3) is 3.07. The molecular weight excluding hydrogens is 436 g/mol. The molecular formula is C26H16N2O6. The van der Waals surface area contributed by atoms with Crippen LogP contribution in [0, 0.1) is 6.92 Å². The molecule has 0 atom stereocenters. The highest BCUT2D eigenvalue weighted by molar-refractivity contribution is 6.31. The minimum atomic E-state index is -1.41. The van der Waals surface area contributed by atoms with Gasteiger partial charge in [0.2, 0.25) is 0 Å². The van der Waals surface area contributed by atoms with Gasteiger partial charge in [0, 0.05) is 11.1 Å². The van der Waals surface area contributed by atoms with Crippen LogP contribution >= 0.6 is 0 Å². The molecule has 5 rings (SSSR count). The molecule has 0 aliphatic carbocycles. The number of imide groups is 2. The van der Waals surface area contributed by atoms with Crippen molar-refractivity contribution in [1.82, 2.24) is 10.6 Å². The predicted molar refractivity (Wildman–Crippen MR) is 119 cm³/mol. The summed E-state index contributed by atoms with van der Waals surface area (Å²) in [7, 11) is 0. The Balaban J connectivity index is 1.71. The van der Waals surface area contributed by atoms with Gasteiger partial charge in [0.05, 0.1) is 22.3 Å². The Hall–Kier alpha value is -4.72. The average Bonchev–Trinajstić information content (AvgIpc) is 3.29. The SMILES string of the molecule is Cc1ccccc1C(C(=O)c1cccc2c1C(=O)NC2=O)C(=O)c1cccc2c1C(=O)NC2=O. The van der Waals surface area contributed by atoms with E-state index in [4.69, 9.17) is 0 Å². The van der Waals surface area contributed by atoms with Gasteiger partial charge in [-0.3, -0.25) is 39.4 Å². The summed E-state index contributed by atoms with van der Waals surface area (Å²) in [6.45, 7) is 1.74. The molecule has 0 aromatic heterocycles. The molecule has 3 aromatic rings. The third-order valence-corrected chi connectivity index (χ3v) is 6.08. The minimum absolute atomic E-state index is 0.0532. The fourth-order valence-corrected chi connectivity index (χ4v) is 4.47. The second kappa shape index (κ2) is 7.70. The van der Waals surface area contributed by atoms with Crippen molar-refractivity contribution >= 4 is 35.2 Å². The van der Waals surface area contributed by atoms with Gasteiger partial charge >= 0.3 is 0 Å². The Kier molecular flexibility index (Phi) is 4.79. The summed E-state index contributed by atoms with van der Waals surface area (Å²) in [6, 6.07) is 15.4. The van der Waals surface area contributed by atoms with Crippen LogP contribution in [0.3, 0.4) is 0 Å². The molecule has 2 aliphatic heterocycles. The number of carbonyl (C=O) groups excluding carboxylic acids is 6. The molecule has 2 N–H and O–H groups in total. The molecule has 0 radical (unpaired) electrons. The quantitative estimate of drug-likeness (QED) is 0.348. The van der Waals surface area contributed by atoms with Crippen LogP contribution in [0.15, 0.2) is 60.7 Å². The lowest BCUT2D eigenvalue weighted by Crippen LogP contribution is -2.27. The van der Waals surface area contributed by atoms with Crippen molar-refractivity contribution in [2.75, 3.05) is 0 Å². The highest BCUT2D eigenvalue weighted by atomic mass is 16.2. The first-order valence-corrected chi connectivity index (χ1v) is 10.4. The zero-order chi connectivity index (χ0) is 24.1. The minimum Gasteiger partial charge on any atom is -0.293 e. The zero-order valence-electron chi connectivity index (χ0n) is 17.8. The number of amides is 4. The van der Waals surface area contributed by atoms with Crippen LogP contribution in [0.2, 0.25) is 0 Å². The van der Waals surface area contributed by atoms with Gasteiger partial charge in [0.25, 0.3) is 23.6 Å². The van der Waals surface area contributed by atoms with E-state index in [-0.39, 0.29) is 33.4 Å². The summed E-state index contributed by atoms with van der Waals surface area (Å²) in [5, 5.41) is 4.34. The molecule has 3 aromatic carbocycles. The number of hydrogen-bond donors (Lipinski definition) is 2. The van der Waals surface area contributed by atoms with Gasteiger partial charge in [0.15, 0.2) is 11.6 Å². The lowest BCUT2D eigenvalue weighted by molar-refractivity contribution is 0.0834. The first kappa shape index (κ1) is 21.1. The molecule has 0 saturated heterocycles. The number of carbonyl (C=O) groups is 6. The van der Waals surface area contributed by atoms with Crippen molar-refractivity contribution in [2.24, 2.45) is 0 Å². The largest absolute Gasteiger partial charge is 0.293 e. The van der Waals surface area contributed by atoms with E-state index in [1.165, 1.54) is 36.4 Å². The smallest absolute Gasteiger partial charge is 0.259 e. The second-order valence-electron chi connectivity index (χ2n) is 8.04. The first-order valence-electron chi connectivity index (χ1n) is 10.4. The van der Waals surface area contributed by atoms with Crippen molar-refractivity contribution in [3.05, 3.63) is 105 Å². The van der Waals surface area contributed by atoms with Gasteiger partial charge in [-0.1, -0.05) is 48.5 Å². The topological polar surface area (TPSA) is 126 Å². The summed E-state index contributed by atoms with van der Waals surface area (Å²) in [6.07, 6.45) is 0. The summed E-state index contributed by atoms with van der Waals surface area (Å²) in [4.78, 5) is 76.9. The van der Waals surface area contributed by atoms with Crippen LogP contribution in [-0.4, -0.2) is 35.2 Å². The van der Waals surface area contributed by atoms with Gasteiger partial charge in [-0.05, 0) is 30.2 Å². The molecule has 0 fully saturated rings. The number of hydrogen-bond acceptors (Lipinski definition) is 6. The highest BCUT2D eigenvalue weighted by Gasteiger charge is 2.40. The van der Waals surface area contributed by atoms with Crippen molar-refractivity contribution in [3.8, 4) is 0 Å². The Morgan fingerprint density at radius 2 is 1.09 bits per heavy atom. The molecule has 0 bridgehead atoms. The van der Waals surface area contributed by atoms with Crippen LogP contribution < -0.4 is 10.6 Å². The standard InChI is InChI=1S/C26H16N2O6/c1-12-6-2-3-7-13(12)20(21(29)14-8-4-10-16-18(14)25(33)27-23(16)31)22(30)15-9-5-11-17-19(15)26(34)28-24(17)32/h2-11,20H,1H3,(H,27,31,33)(H,28,32,34). The molecule has 166 valence electrons. The average molecular weight is 452 g/mol. The van der Waals surface area contributed by atoms with Crippen LogP contribution in [0.5, 0.6) is 0 Å². The summed E-state index contributed by atoms with van der Waals surface area (Å²) < 4.78 is 0. The number of nitrogens with one attached hydrogen (secondary N) is 2. The fraction of sp³-hybridized carbons (Fsp3) is 0.0769. The Bertz CT molecular complexity index is 1400. The first-order chi connectivity index (χ1) is 16.3. The van der Waals surface area contributed by atoms with E-state index in [2.05, 4.69) is 10.6 Å². The van der Waals surface area contributed by atoms with E-state index in [1.807, 2.05) is 0 Å². The Labute approximate surface area is 193 Å². The molecule has 8 heteroatoms. The molecule has 4 amide bonds. The number of Topliss-reactive ketones (excluding diaryl/α,β-unsaturated/α-hetero) is 2. The lowest BCUT2D eigenvalue weighted by Gasteiger charge is -2.19. The van der Waals surface area contributed by atoms with Gasteiger partial charge in [-0.25, -0.2) is 0 Å². The van der Waals surface area contributed by atoms with E-state index in [0.717, 1.165) is 0 Å². The number of aryl methyl sites for hydroxylation is 1. The molecule has 0 unspecified atom stereocenters. The molecule has 8 nitrogen and oxygen atoms in total. The Morgan fingerprint density at radius 1 is 0.618 bits per heavy atom. The molecule has 2 heterocycles. The summed E-state index contributed by atoms with van der Waals surface area (Å²) in [5.74, 6) is -5.47. The maximum atomic E-state index is 13.9. The maximum Gasteiger partial charge on any atom is 0.259 e. The number of rotatable bonds is 5. The van der Waals surface area contributed by atoms with Crippen molar-refractivity contribution < 1.29 is 28.8 Å². The summed E-state index contributed by atoms with van der Waals surface area (Å²) >= 11 is 0. The third-order valence-electron chi connectivity index (χ3n) is 6.08. The normalized spacial score (nSPS) is 14.1. The second-order valence-corrected chi connectivity index (χ2v) is 8.04. The fourth-order valence-electron chi connectivity index (χ4n) is 4.47. The maximum absolute atomic E-state index is 13.9. The number of ketones is 2. The van der Waals surface area contributed by atoms with Crippen LogP contribution in [0.4, 0.5) is 0 Å². The molecule has 0 saturated carbocycles. The highest BCUT2D eigenvalue weighted by Crippen LogP contribution is 2.33. The van der Waals surface area contributed by atoms with Gasteiger partial charge in [-0.2, -0.15) is 0 Å². The van der Waals surface area contributed by atoms with Crippen molar-refractivity contribution in [2.45, 2.75) is 12.8 Å². The Morgan fingerprint density at radius 3 is 1.56 bits per heavy atom. The van der Waals surface area contributed by atoms with E-state index >= 15 is 0 Å². The van der Waals surface area contributed by atoms with E-state index in [9.17, 15) is 28.8 Å². The van der Waals surface area contributed by atoms with Crippen LogP contribution in [0.1, 0.15) is 79.2 Å². The molecule has 34 heavy (non-hydrogen) atoms. The van der Waals surface area contributed by atoms with Gasteiger partial charge < -0.3 is 0 Å². The molecule has 0 spiro atoms. The van der Waals surface area contributed by atoms with E-state index in [0.29, 0.717) is 11.1 Å². The van der Waals surface area contributed by atoms with Gasteiger partial charge in [-0.15, -0.1) is 0 Å². The van der Waals surface area contributed by atoms with E-state index < -0.39 is 41.1 Å².